The first-order chi connectivity index (χ1) is 8.22. The molecular formula is C12H13NO4. The van der Waals surface area contributed by atoms with Crippen LogP contribution in [0.15, 0.2) is 30.3 Å². The molecular weight excluding hydrogens is 222 g/mol. The van der Waals surface area contributed by atoms with Crippen LogP contribution >= 0.6 is 0 Å². The minimum atomic E-state index is -0.912. The zero-order valence-corrected chi connectivity index (χ0v) is 9.38. The number of amides is 1. The fourth-order valence-electron chi connectivity index (χ4n) is 1.75. The molecule has 1 aromatic carbocycles. The van der Waals surface area contributed by atoms with Crippen molar-refractivity contribution in [1.82, 2.24) is 5.32 Å². The maximum Gasteiger partial charge on any atom is 0.408 e. The Hall–Kier alpha value is -2.04. The lowest BCUT2D eigenvalue weighted by molar-refractivity contribution is -0.152. The molecule has 2 rings (SSSR count). The summed E-state index contributed by atoms with van der Waals surface area (Å²) in [6.07, 6.45) is -1.51. The summed E-state index contributed by atoms with van der Waals surface area (Å²) in [5.74, 6) is -0.528. The normalized spacial score (nSPS) is 22.8. The molecule has 0 unspecified atom stereocenters. The fourth-order valence-corrected chi connectivity index (χ4v) is 1.75. The number of ether oxygens (including phenoxy) is 2. The first kappa shape index (κ1) is 11.4. The van der Waals surface area contributed by atoms with Gasteiger partial charge in [0.1, 0.15) is 6.04 Å². The number of hydrogen-bond donors (Lipinski definition) is 1. The summed E-state index contributed by atoms with van der Waals surface area (Å²) in [7, 11) is 0. The molecule has 1 amide bonds. The van der Waals surface area contributed by atoms with E-state index < -0.39 is 24.2 Å². The van der Waals surface area contributed by atoms with E-state index >= 15 is 0 Å². The van der Waals surface area contributed by atoms with Crippen LogP contribution in [0.4, 0.5) is 4.79 Å². The summed E-state index contributed by atoms with van der Waals surface area (Å²) in [5.41, 5.74) is 0.816. The number of benzene rings is 1. The topological polar surface area (TPSA) is 64.6 Å². The van der Waals surface area contributed by atoms with Crippen LogP contribution in [0.2, 0.25) is 0 Å². The predicted molar refractivity (Wildman–Crippen MR) is 59.2 cm³/mol. The summed E-state index contributed by atoms with van der Waals surface area (Å²) < 4.78 is 9.79. The highest BCUT2D eigenvalue weighted by Crippen LogP contribution is 2.25. The number of cyclic esters (lactones) is 1. The molecule has 5 heteroatoms. The van der Waals surface area contributed by atoms with Crippen LogP contribution in [-0.4, -0.2) is 24.8 Å². The molecule has 2 atom stereocenters. The zero-order valence-electron chi connectivity index (χ0n) is 9.38. The number of esters is 1. The number of rotatable bonds is 3. The predicted octanol–water partition coefficient (Wildman–Crippen LogP) is 1.40. The maximum atomic E-state index is 11.6. The Morgan fingerprint density at radius 2 is 2.12 bits per heavy atom. The Morgan fingerprint density at radius 1 is 1.41 bits per heavy atom. The lowest BCUT2D eigenvalue weighted by Crippen LogP contribution is -2.30. The number of carbonyl (C=O) groups excluding carboxylic acids is 2. The summed E-state index contributed by atoms with van der Waals surface area (Å²) in [4.78, 5) is 22.8. The lowest BCUT2D eigenvalue weighted by Gasteiger charge is -2.15. The van der Waals surface area contributed by atoms with Gasteiger partial charge in [0.2, 0.25) is 6.10 Å². The first-order valence-corrected chi connectivity index (χ1v) is 5.41. The minimum absolute atomic E-state index is 0.258. The van der Waals surface area contributed by atoms with Crippen molar-refractivity contribution in [1.29, 1.82) is 0 Å². The molecule has 17 heavy (non-hydrogen) atoms. The summed E-state index contributed by atoms with van der Waals surface area (Å²) in [6, 6.07) is 8.70. The highest BCUT2D eigenvalue weighted by Gasteiger charge is 2.41. The van der Waals surface area contributed by atoms with E-state index in [4.69, 9.17) is 9.47 Å². The molecule has 1 heterocycles. The fraction of sp³-hybridized carbons (Fsp3) is 0.333. The standard InChI is InChI=1S/C12H13NO4/c1-2-16-11(14)10-9(13-12(15)17-10)8-6-4-3-5-7-8/h3-7,9-10H,2H2,1H3,(H,13,15)/t9-,10-/m0/s1. The zero-order chi connectivity index (χ0) is 12.3. The van der Waals surface area contributed by atoms with E-state index in [-0.39, 0.29) is 6.61 Å². The summed E-state index contributed by atoms with van der Waals surface area (Å²) in [5, 5.41) is 2.60. The molecule has 0 bridgehead atoms. The van der Waals surface area contributed by atoms with E-state index in [1.54, 1.807) is 6.92 Å². The van der Waals surface area contributed by atoms with Crippen molar-refractivity contribution in [2.75, 3.05) is 6.61 Å². The molecule has 1 N–H and O–H groups in total. The van der Waals surface area contributed by atoms with Gasteiger partial charge < -0.3 is 14.8 Å². The van der Waals surface area contributed by atoms with Crippen LogP contribution in [0, 0.1) is 0 Å². The average Bonchev–Trinajstić information content (AvgIpc) is 2.73. The molecule has 1 saturated heterocycles. The summed E-state index contributed by atoms with van der Waals surface area (Å²) in [6.45, 7) is 1.97. The Labute approximate surface area is 98.7 Å². The quantitative estimate of drug-likeness (QED) is 0.804. The van der Waals surface area contributed by atoms with E-state index in [1.807, 2.05) is 30.3 Å². The van der Waals surface area contributed by atoms with Gasteiger partial charge in [0.05, 0.1) is 6.61 Å². The van der Waals surface area contributed by atoms with E-state index in [9.17, 15) is 9.59 Å². The summed E-state index contributed by atoms with van der Waals surface area (Å²) >= 11 is 0. The largest absolute Gasteiger partial charge is 0.463 e. The van der Waals surface area contributed by atoms with Crippen molar-refractivity contribution in [3.8, 4) is 0 Å². The third kappa shape index (κ3) is 2.38. The Morgan fingerprint density at radius 3 is 2.76 bits per heavy atom. The van der Waals surface area contributed by atoms with Crippen molar-refractivity contribution in [2.24, 2.45) is 0 Å². The second-order valence-corrected chi connectivity index (χ2v) is 3.61. The molecule has 1 aliphatic rings. The molecule has 0 aromatic heterocycles. The number of nitrogens with one attached hydrogen (secondary N) is 1. The van der Waals surface area contributed by atoms with Crippen LogP contribution in [0.5, 0.6) is 0 Å². The molecule has 0 spiro atoms. The highest BCUT2D eigenvalue weighted by molar-refractivity contribution is 5.83. The van der Waals surface area contributed by atoms with Gasteiger partial charge >= 0.3 is 12.1 Å². The van der Waals surface area contributed by atoms with Crippen LogP contribution < -0.4 is 5.32 Å². The average molecular weight is 235 g/mol. The van der Waals surface area contributed by atoms with Gasteiger partial charge in [-0.25, -0.2) is 9.59 Å². The number of hydrogen-bond acceptors (Lipinski definition) is 4. The molecule has 90 valence electrons. The molecule has 0 radical (unpaired) electrons. The second kappa shape index (κ2) is 4.86. The Balaban J connectivity index is 2.20. The van der Waals surface area contributed by atoms with E-state index in [1.165, 1.54) is 0 Å². The molecule has 1 fully saturated rings. The third-order valence-electron chi connectivity index (χ3n) is 2.49. The van der Waals surface area contributed by atoms with Crippen LogP contribution in [0.1, 0.15) is 18.5 Å². The second-order valence-electron chi connectivity index (χ2n) is 3.61. The molecule has 0 saturated carbocycles. The Bertz CT molecular complexity index is 418. The van der Waals surface area contributed by atoms with Crippen molar-refractivity contribution >= 4 is 12.1 Å². The van der Waals surface area contributed by atoms with Crippen molar-refractivity contribution in [2.45, 2.75) is 19.1 Å². The minimum Gasteiger partial charge on any atom is -0.463 e. The van der Waals surface area contributed by atoms with Gasteiger partial charge in [-0.1, -0.05) is 30.3 Å². The van der Waals surface area contributed by atoms with Crippen LogP contribution in [0.25, 0.3) is 0 Å². The molecule has 0 aliphatic carbocycles. The number of carbonyl (C=O) groups is 2. The van der Waals surface area contributed by atoms with Crippen LogP contribution in [-0.2, 0) is 14.3 Å². The molecule has 1 aromatic rings. The smallest absolute Gasteiger partial charge is 0.408 e. The monoisotopic (exact) mass is 235 g/mol. The van der Waals surface area contributed by atoms with Crippen LogP contribution in [0.3, 0.4) is 0 Å². The van der Waals surface area contributed by atoms with Gasteiger partial charge in [0.25, 0.3) is 0 Å². The van der Waals surface area contributed by atoms with Gasteiger partial charge in [0.15, 0.2) is 0 Å². The van der Waals surface area contributed by atoms with Gasteiger partial charge in [-0.2, -0.15) is 0 Å². The van der Waals surface area contributed by atoms with Crippen molar-refractivity contribution in [3.05, 3.63) is 35.9 Å². The maximum absolute atomic E-state index is 11.6. The number of alkyl carbamates (subject to hydrolysis) is 1. The lowest BCUT2D eigenvalue weighted by atomic mass is 10.0. The van der Waals surface area contributed by atoms with Crippen molar-refractivity contribution in [3.63, 3.8) is 0 Å². The highest BCUT2D eigenvalue weighted by atomic mass is 16.6. The van der Waals surface area contributed by atoms with E-state index in [2.05, 4.69) is 5.32 Å². The van der Waals surface area contributed by atoms with Gasteiger partial charge in [-0.15, -0.1) is 0 Å². The van der Waals surface area contributed by atoms with Crippen molar-refractivity contribution < 1.29 is 19.1 Å². The van der Waals surface area contributed by atoms with Gasteiger partial charge in [-0.3, -0.25) is 0 Å². The SMILES string of the molecule is CCOC(=O)[C@H]1OC(=O)N[C@H]1c1ccccc1. The van der Waals surface area contributed by atoms with Gasteiger partial charge in [-0.05, 0) is 12.5 Å². The molecule has 1 aliphatic heterocycles. The molecule has 5 nitrogen and oxygen atoms in total. The third-order valence-corrected chi connectivity index (χ3v) is 2.49. The van der Waals surface area contributed by atoms with Gasteiger partial charge in [0, 0.05) is 0 Å². The van der Waals surface area contributed by atoms with E-state index in [0.29, 0.717) is 0 Å². The Kier molecular flexibility index (Phi) is 3.27. The van der Waals surface area contributed by atoms with E-state index in [0.717, 1.165) is 5.56 Å². The first-order valence-electron chi connectivity index (χ1n) is 5.41.